The van der Waals surface area contributed by atoms with Crippen LogP contribution in [0.3, 0.4) is 0 Å². The van der Waals surface area contributed by atoms with Crippen molar-refractivity contribution in [1.29, 1.82) is 0 Å². The Hall–Kier alpha value is -3.32. The number of anilines is 1. The highest BCUT2D eigenvalue weighted by Crippen LogP contribution is 2.42. The Morgan fingerprint density at radius 2 is 1.90 bits per heavy atom. The second kappa shape index (κ2) is 7.25. The summed E-state index contributed by atoms with van der Waals surface area (Å²) in [5, 5.41) is 13.6. The van der Waals surface area contributed by atoms with Crippen molar-refractivity contribution in [3.63, 3.8) is 0 Å². The lowest BCUT2D eigenvalue weighted by Gasteiger charge is -2.10. The predicted octanol–water partition coefficient (Wildman–Crippen LogP) is 4.89. The second-order valence-electron chi connectivity index (χ2n) is 6.97. The minimum absolute atomic E-state index is 0.211. The van der Waals surface area contributed by atoms with E-state index in [2.05, 4.69) is 15.5 Å². The number of nitrogens with zero attached hydrogens (tertiary/aromatic N) is 3. The summed E-state index contributed by atoms with van der Waals surface area (Å²) < 4.78 is 5.23. The number of nitrogens with one attached hydrogen (secondary N) is 1. The summed E-state index contributed by atoms with van der Waals surface area (Å²) in [6.45, 7) is 0. The van der Waals surface area contributed by atoms with Crippen LogP contribution in [-0.4, -0.2) is 28.2 Å². The van der Waals surface area contributed by atoms with E-state index in [1.807, 2.05) is 54.6 Å². The molecule has 2 heterocycles. The molecule has 1 amide bonds. The molecular formula is C22H18N4O2S. The molecule has 0 bridgehead atoms. The Morgan fingerprint density at radius 3 is 2.66 bits per heavy atom. The van der Waals surface area contributed by atoms with Gasteiger partial charge in [0, 0.05) is 16.9 Å². The van der Waals surface area contributed by atoms with E-state index in [1.165, 1.54) is 11.3 Å². The molecule has 4 aromatic rings. The zero-order valence-electron chi connectivity index (χ0n) is 15.8. The van der Waals surface area contributed by atoms with Crippen molar-refractivity contribution in [3.8, 4) is 17.0 Å². The third-order valence-corrected chi connectivity index (χ3v) is 5.94. The van der Waals surface area contributed by atoms with Gasteiger partial charge in [-0.05, 0) is 49.2 Å². The van der Waals surface area contributed by atoms with Gasteiger partial charge in [0.05, 0.1) is 23.9 Å². The maximum Gasteiger partial charge on any atom is 0.258 e. The molecule has 7 heteroatoms. The minimum atomic E-state index is -0.211. The highest BCUT2D eigenvalue weighted by atomic mass is 32.1. The Bertz CT molecular complexity index is 1200. The van der Waals surface area contributed by atoms with Gasteiger partial charge in [-0.15, -0.1) is 10.2 Å². The van der Waals surface area contributed by atoms with Crippen molar-refractivity contribution in [2.24, 2.45) is 0 Å². The molecule has 1 aliphatic carbocycles. The van der Waals surface area contributed by atoms with E-state index in [1.54, 1.807) is 7.11 Å². The maximum atomic E-state index is 13.1. The third kappa shape index (κ3) is 3.56. The van der Waals surface area contributed by atoms with Gasteiger partial charge in [0.2, 0.25) is 5.13 Å². The summed E-state index contributed by atoms with van der Waals surface area (Å²) in [7, 11) is 1.63. The van der Waals surface area contributed by atoms with Crippen molar-refractivity contribution in [3.05, 3.63) is 65.2 Å². The fourth-order valence-corrected chi connectivity index (χ4v) is 4.13. The maximum absolute atomic E-state index is 13.1. The van der Waals surface area contributed by atoms with Gasteiger partial charge < -0.3 is 4.74 Å². The summed E-state index contributed by atoms with van der Waals surface area (Å²) in [5.74, 6) is 1.08. The van der Waals surface area contributed by atoms with Crippen LogP contribution < -0.4 is 10.1 Å². The Balaban J connectivity index is 1.52. The molecule has 2 aromatic carbocycles. The first-order valence-electron chi connectivity index (χ1n) is 9.40. The number of benzene rings is 2. The zero-order valence-corrected chi connectivity index (χ0v) is 16.6. The summed E-state index contributed by atoms with van der Waals surface area (Å²) in [6.07, 6.45) is 2.31. The summed E-state index contributed by atoms with van der Waals surface area (Å²) in [4.78, 5) is 17.8. The number of hydrogen-bond acceptors (Lipinski definition) is 6. The number of ether oxygens (including phenoxy) is 1. The molecule has 5 rings (SSSR count). The quantitative estimate of drug-likeness (QED) is 0.514. The predicted molar refractivity (Wildman–Crippen MR) is 114 cm³/mol. The first-order chi connectivity index (χ1) is 14.2. The van der Waals surface area contributed by atoms with E-state index in [0.29, 0.717) is 16.6 Å². The normalized spacial score (nSPS) is 13.4. The van der Waals surface area contributed by atoms with Gasteiger partial charge in [0.1, 0.15) is 10.8 Å². The van der Waals surface area contributed by atoms with Crippen LogP contribution in [0.15, 0.2) is 54.6 Å². The van der Waals surface area contributed by atoms with Crippen molar-refractivity contribution < 1.29 is 9.53 Å². The van der Waals surface area contributed by atoms with E-state index in [0.717, 1.165) is 45.8 Å². The van der Waals surface area contributed by atoms with Gasteiger partial charge in [-0.2, -0.15) is 0 Å². The van der Waals surface area contributed by atoms with Crippen LogP contribution in [0.2, 0.25) is 0 Å². The van der Waals surface area contributed by atoms with Gasteiger partial charge in [-0.25, -0.2) is 4.98 Å². The van der Waals surface area contributed by atoms with E-state index < -0.39 is 0 Å². The summed E-state index contributed by atoms with van der Waals surface area (Å²) >= 11 is 1.45. The van der Waals surface area contributed by atoms with Crippen LogP contribution in [0.1, 0.15) is 34.1 Å². The van der Waals surface area contributed by atoms with Crippen LogP contribution in [-0.2, 0) is 0 Å². The number of rotatable bonds is 5. The number of para-hydroxylation sites is 1. The number of aromatic nitrogens is 3. The molecule has 1 fully saturated rings. The van der Waals surface area contributed by atoms with Crippen molar-refractivity contribution >= 4 is 33.3 Å². The van der Waals surface area contributed by atoms with Crippen LogP contribution in [0, 0.1) is 0 Å². The monoisotopic (exact) mass is 402 g/mol. The van der Waals surface area contributed by atoms with Gasteiger partial charge in [0.15, 0.2) is 0 Å². The molecule has 0 radical (unpaired) electrons. The number of pyridine rings is 1. The summed E-state index contributed by atoms with van der Waals surface area (Å²) in [5.41, 5.74) is 2.97. The van der Waals surface area contributed by atoms with E-state index in [4.69, 9.17) is 9.72 Å². The first-order valence-corrected chi connectivity index (χ1v) is 10.2. The number of amides is 1. The lowest BCUT2D eigenvalue weighted by Crippen LogP contribution is -2.13. The van der Waals surface area contributed by atoms with E-state index in [-0.39, 0.29) is 5.91 Å². The number of methoxy groups -OCH3 is 1. The highest BCUT2D eigenvalue weighted by Gasteiger charge is 2.28. The number of carbonyl (C=O) groups is 1. The van der Waals surface area contributed by atoms with Crippen LogP contribution in [0.25, 0.3) is 22.2 Å². The topological polar surface area (TPSA) is 77.0 Å². The zero-order chi connectivity index (χ0) is 19.8. The standard InChI is InChI=1S/C22H18N4O2S/c1-28-15-10-8-13(9-11-15)19-12-17(16-4-2-3-5-18(16)23-19)20(27)24-22-26-25-21(29-22)14-6-7-14/h2-5,8-12,14H,6-7H2,1H3,(H,24,26,27). The first kappa shape index (κ1) is 17.8. The minimum Gasteiger partial charge on any atom is -0.497 e. The molecule has 1 aliphatic rings. The molecule has 0 spiro atoms. The molecule has 1 saturated carbocycles. The number of carbonyl (C=O) groups excluding carboxylic acids is 1. The van der Waals surface area contributed by atoms with Gasteiger partial charge in [-0.1, -0.05) is 29.5 Å². The van der Waals surface area contributed by atoms with Crippen LogP contribution in [0.5, 0.6) is 5.75 Å². The molecule has 2 aromatic heterocycles. The largest absolute Gasteiger partial charge is 0.497 e. The van der Waals surface area contributed by atoms with Crippen molar-refractivity contribution in [1.82, 2.24) is 15.2 Å². The molecule has 0 atom stereocenters. The van der Waals surface area contributed by atoms with Gasteiger partial charge in [-0.3, -0.25) is 10.1 Å². The highest BCUT2D eigenvalue weighted by molar-refractivity contribution is 7.15. The van der Waals surface area contributed by atoms with E-state index >= 15 is 0 Å². The Morgan fingerprint density at radius 1 is 1.10 bits per heavy atom. The summed E-state index contributed by atoms with van der Waals surface area (Å²) in [6, 6.07) is 17.1. The molecular weight excluding hydrogens is 384 g/mol. The smallest absolute Gasteiger partial charge is 0.258 e. The molecule has 1 N–H and O–H groups in total. The van der Waals surface area contributed by atoms with Crippen LogP contribution >= 0.6 is 11.3 Å². The van der Waals surface area contributed by atoms with Crippen molar-refractivity contribution in [2.75, 3.05) is 12.4 Å². The fourth-order valence-electron chi connectivity index (χ4n) is 3.22. The molecule has 0 saturated heterocycles. The molecule has 29 heavy (non-hydrogen) atoms. The average molecular weight is 402 g/mol. The molecule has 0 aliphatic heterocycles. The third-order valence-electron chi connectivity index (χ3n) is 4.93. The lowest BCUT2D eigenvalue weighted by molar-refractivity contribution is 0.102. The average Bonchev–Trinajstić information content (AvgIpc) is 3.52. The number of fused-ring (bicyclic) bond motifs is 1. The van der Waals surface area contributed by atoms with Gasteiger partial charge >= 0.3 is 0 Å². The molecule has 144 valence electrons. The molecule has 6 nitrogen and oxygen atoms in total. The van der Waals surface area contributed by atoms with E-state index in [9.17, 15) is 4.79 Å². The van der Waals surface area contributed by atoms with Gasteiger partial charge in [0.25, 0.3) is 5.91 Å². The molecule has 0 unspecified atom stereocenters. The van der Waals surface area contributed by atoms with Crippen LogP contribution in [0.4, 0.5) is 5.13 Å². The van der Waals surface area contributed by atoms with Crippen molar-refractivity contribution in [2.45, 2.75) is 18.8 Å². The lowest BCUT2D eigenvalue weighted by atomic mass is 10.0. The SMILES string of the molecule is COc1ccc(-c2cc(C(=O)Nc3nnc(C4CC4)s3)c3ccccc3n2)cc1. The Labute approximate surface area is 171 Å². The number of hydrogen-bond donors (Lipinski definition) is 1. The second-order valence-corrected chi connectivity index (χ2v) is 7.98. The Kier molecular flexibility index (Phi) is 4.44. The fraction of sp³-hybridized carbons (Fsp3) is 0.182.